The van der Waals surface area contributed by atoms with Gasteiger partial charge in [-0.2, -0.15) is 0 Å². The molecule has 4 aliphatic heterocycles. The number of fused-ring (bicyclic) bond motifs is 12. The van der Waals surface area contributed by atoms with Crippen molar-refractivity contribution in [3.8, 4) is 0 Å². The van der Waals surface area contributed by atoms with E-state index < -0.39 is 5.60 Å². The monoisotopic (exact) mass is 1420 g/mol. The highest BCUT2D eigenvalue weighted by atomic mass is 16.3. The van der Waals surface area contributed by atoms with Gasteiger partial charge in [-0.25, -0.2) is 0 Å². The number of nitrogens with zero attached hydrogens (tertiary/aromatic N) is 12. The number of aryl methyl sites for hydroxylation is 4. The molecule has 4 atom stereocenters. The van der Waals surface area contributed by atoms with Crippen LogP contribution in [0.2, 0.25) is 0 Å². The predicted molar refractivity (Wildman–Crippen MR) is 430 cm³/mol. The number of aromatic nitrogens is 8. The first-order chi connectivity index (χ1) is 51.2. The molecule has 0 fully saturated rings. The van der Waals surface area contributed by atoms with Crippen LogP contribution in [0.3, 0.4) is 0 Å². The number of hydrogen-bond donors (Lipinski definition) is 3. The lowest BCUT2D eigenvalue weighted by Crippen LogP contribution is -2.29. The standard InChI is InChI=1S/C24H31N3O.C23H27N3O.C22H27N3O.C21H25N3O/c1-17-5-6-22-20(13-17)21-16-26(4)12-9-23(21)27(22)15-19(14-24(2,3)28)18-7-10-25-11-8-18;1-16-4-5-22-20(12-16)21-15-25(3)11-8-23(21)26(22)14-19(13-17(2)27)18-6-9-24-10-7-18;1-16-3-4-21-19(13-16)20-15-24(2)11-7-22(20)25(21)14-18(8-12-26)17-5-9-23-10-6-17;1-15-3-4-20-18(11-15)19-13-23(2)10-7-21(19)24(20)12-17(14-25)16-5-8-22-9-6-16/h5-8,10-11,13,19,28H,9,12,14-16H2,1-4H3;4-7,9-10,12,19H,8,11,13-15H2,1-3H3;3-6,9-10,13,18,26H,7-8,11-12,14-15H2,1-2H3;3-6,8-9,11,17,25H,7,10,12-14H2,1-2H3. The van der Waals surface area contributed by atoms with Crippen LogP contribution in [0.25, 0.3) is 43.6 Å². The smallest absolute Gasteiger partial charge is 0.130 e. The molecule has 4 unspecified atom stereocenters. The topological polar surface area (TPSA) is 162 Å². The molecule has 0 saturated heterocycles. The Morgan fingerprint density at radius 3 is 0.972 bits per heavy atom. The van der Waals surface area contributed by atoms with Gasteiger partial charge in [0.1, 0.15) is 5.78 Å². The van der Waals surface area contributed by atoms with Gasteiger partial charge >= 0.3 is 0 Å². The highest BCUT2D eigenvalue weighted by molar-refractivity contribution is 5.89. The summed E-state index contributed by atoms with van der Waals surface area (Å²) in [6.45, 7) is 26.3. The van der Waals surface area contributed by atoms with Gasteiger partial charge in [0.05, 0.1) is 12.2 Å². The Balaban J connectivity index is 0.000000125. The lowest BCUT2D eigenvalue weighted by molar-refractivity contribution is -0.117. The second kappa shape index (κ2) is 33.4. The minimum absolute atomic E-state index is 0.0867. The van der Waals surface area contributed by atoms with Crippen LogP contribution in [-0.2, 0) is 82.8 Å². The van der Waals surface area contributed by atoms with Gasteiger partial charge in [0, 0.05) is 257 Å². The van der Waals surface area contributed by atoms with Crippen molar-refractivity contribution in [1.29, 1.82) is 0 Å². The zero-order chi connectivity index (χ0) is 74.3. The normalized spacial score (nSPS) is 16.0. The van der Waals surface area contributed by atoms with Crippen molar-refractivity contribution in [2.45, 2.75) is 175 Å². The summed E-state index contributed by atoms with van der Waals surface area (Å²) in [5, 5.41) is 35.7. The average molecular weight is 1420 g/mol. The molecule has 4 aromatic carbocycles. The fourth-order valence-corrected chi connectivity index (χ4v) is 17.4. The van der Waals surface area contributed by atoms with Crippen LogP contribution in [-0.4, -0.2) is 152 Å². The Labute approximate surface area is 627 Å². The van der Waals surface area contributed by atoms with E-state index in [1.807, 2.05) is 75.3 Å². The second-order valence-electron chi connectivity index (χ2n) is 31.7. The van der Waals surface area contributed by atoms with Gasteiger partial charge < -0.3 is 58.0 Å². The van der Waals surface area contributed by atoms with E-state index in [0.717, 1.165) is 123 Å². The number of aliphatic hydroxyl groups excluding tert-OH is 2. The first-order valence-corrected chi connectivity index (χ1v) is 38.4. The number of rotatable bonds is 19. The summed E-state index contributed by atoms with van der Waals surface area (Å²) < 4.78 is 9.95. The SMILES string of the molecule is CC(=O)CC(Cn1c2c(c3cc(C)ccc31)CN(C)CC2)c1ccncc1.Cc1ccc2c(c1)c1c(n2CC(CC(C)(C)O)c2ccncc2)CCN(C)C1.Cc1ccc2c(c1)c1c(n2CC(CCO)c2ccncc2)CCN(C)C1.Cc1ccc2c(c1)c1c(n2CC(CO)c2ccncc2)CCN(C)C1. The molecule has 16 rings (SSSR count). The molecule has 554 valence electrons. The number of carbonyl (C=O) groups is 1. The second-order valence-corrected chi connectivity index (χ2v) is 31.7. The maximum absolute atomic E-state index is 12.0. The molecule has 12 aromatic rings. The number of likely N-dealkylation sites (N-methyl/N-ethyl adjacent to an activating group) is 4. The van der Waals surface area contributed by atoms with Crippen molar-refractivity contribution in [1.82, 2.24) is 57.8 Å². The Morgan fingerprint density at radius 1 is 0.406 bits per heavy atom. The average Bonchev–Trinajstić information content (AvgIpc) is 1.63. The lowest BCUT2D eigenvalue weighted by atomic mass is 9.88. The predicted octanol–water partition coefficient (Wildman–Crippen LogP) is 15.0. The highest BCUT2D eigenvalue weighted by Gasteiger charge is 2.31. The van der Waals surface area contributed by atoms with Gasteiger partial charge in [-0.05, 0) is 231 Å². The summed E-state index contributed by atoms with van der Waals surface area (Å²) in [7, 11) is 8.79. The first kappa shape index (κ1) is 75.3. The molecule has 4 aliphatic rings. The number of hydrogen-bond acceptors (Lipinski definition) is 12. The van der Waals surface area contributed by atoms with Crippen molar-refractivity contribution in [3.05, 3.63) is 260 Å². The van der Waals surface area contributed by atoms with Gasteiger partial charge in [0.2, 0.25) is 0 Å². The van der Waals surface area contributed by atoms with E-state index in [9.17, 15) is 20.1 Å². The van der Waals surface area contributed by atoms with Crippen molar-refractivity contribution < 1.29 is 20.1 Å². The molecule has 8 aromatic heterocycles. The lowest BCUT2D eigenvalue weighted by Gasteiger charge is -2.28. The molecular formula is C90H110N12O4. The van der Waals surface area contributed by atoms with Gasteiger partial charge in [-0.3, -0.25) is 19.9 Å². The molecule has 0 radical (unpaired) electrons. The maximum Gasteiger partial charge on any atom is 0.130 e. The van der Waals surface area contributed by atoms with Crippen LogP contribution in [0.5, 0.6) is 0 Å². The Kier molecular flexibility index (Phi) is 23.7. The minimum atomic E-state index is -0.715. The molecule has 3 N–H and O–H groups in total. The van der Waals surface area contributed by atoms with Crippen molar-refractivity contribution in [3.63, 3.8) is 0 Å². The Morgan fingerprint density at radius 2 is 0.679 bits per heavy atom. The summed E-state index contributed by atoms with van der Waals surface area (Å²) in [4.78, 5) is 38.1. The number of ketones is 1. The van der Waals surface area contributed by atoms with E-state index in [4.69, 9.17) is 0 Å². The molecule has 0 saturated carbocycles. The third-order valence-electron chi connectivity index (χ3n) is 22.7. The fourth-order valence-electron chi connectivity index (χ4n) is 17.4. The van der Waals surface area contributed by atoms with Gasteiger partial charge in [-0.1, -0.05) is 46.5 Å². The number of pyridine rings is 4. The number of benzene rings is 4. The number of Topliss-reactive ketones (excluding diaryl/α,β-unsaturated/α-hetero) is 1. The largest absolute Gasteiger partial charge is 0.396 e. The van der Waals surface area contributed by atoms with Crippen LogP contribution >= 0.6 is 0 Å². The summed E-state index contributed by atoms with van der Waals surface area (Å²) in [6, 6.07) is 43.6. The molecule has 12 heterocycles. The van der Waals surface area contributed by atoms with E-state index in [2.05, 4.69) is 211 Å². The first-order valence-electron chi connectivity index (χ1n) is 38.4. The van der Waals surface area contributed by atoms with Gasteiger partial charge in [0.15, 0.2) is 0 Å². The summed E-state index contributed by atoms with van der Waals surface area (Å²) in [6.07, 6.45) is 21.0. The zero-order valence-corrected chi connectivity index (χ0v) is 64.4. The zero-order valence-electron chi connectivity index (χ0n) is 64.4. The summed E-state index contributed by atoms with van der Waals surface area (Å²) in [5.41, 5.74) is 26.3. The molecule has 0 aliphatic carbocycles. The van der Waals surface area contributed by atoms with Gasteiger partial charge in [-0.15, -0.1) is 0 Å². The number of aliphatic hydroxyl groups is 3. The Hall–Kier alpha value is -8.97. The quantitative estimate of drug-likeness (QED) is 0.0704. The summed E-state index contributed by atoms with van der Waals surface area (Å²) in [5.74, 6) is 1.03. The Bertz CT molecular complexity index is 4980. The fraction of sp³-hybridized carbons (Fsp3) is 0.411. The van der Waals surface area contributed by atoms with Crippen LogP contribution in [0.1, 0.15) is 153 Å². The molecule has 0 spiro atoms. The molecule has 106 heavy (non-hydrogen) atoms. The van der Waals surface area contributed by atoms with Crippen LogP contribution in [0.15, 0.2) is 171 Å². The third-order valence-corrected chi connectivity index (χ3v) is 22.7. The van der Waals surface area contributed by atoms with Crippen molar-refractivity contribution >= 4 is 49.4 Å². The van der Waals surface area contributed by atoms with E-state index in [-0.39, 0.29) is 36.8 Å². The molecule has 16 nitrogen and oxygen atoms in total. The van der Waals surface area contributed by atoms with Crippen LogP contribution in [0, 0.1) is 27.7 Å². The van der Waals surface area contributed by atoms with E-state index >= 15 is 0 Å². The van der Waals surface area contributed by atoms with Crippen LogP contribution in [0.4, 0.5) is 0 Å². The van der Waals surface area contributed by atoms with Crippen LogP contribution < -0.4 is 0 Å². The van der Waals surface area contributed by atoms with E-state index in [1.54, 1.807) is 19.3 Å². The van der Waals surface area contributed by atoms with E-state index in [0.29, 0.717) is 12.3 Å². The molecular weight excluding hydrogens is 1310 g/mol. The third kappa shape index (κ3) is 17.2. The maximum atomic E-state index is 12.0. The highest BCUT2D eigenvalue weighted by Crippen LogP contribution is 2.40. The summed E-state index contributed by atoms with van der Waals surface area (Å²) >= 11 is 0. The molecule has 0 amide bonds. The molecule has 16 heteroatoms. The van der Waals surface area contributed by atoms with E-state index in [1.165, 1.54) is 128 Å². The van der Waals surface area contributed by atoms with Gasteiger partial charge in [0.25, 0.3) is 0 Å². The minimum Gasteiger partial charge on any atom is -0.396 e. The molecule has 0 bridgehead atoms. The van der Waals surface area contributed by atoms with Crippen molar-refractivity contribution in [2.24, 2.45) is 0 Å². The number of carbonyl (C=O) groups excluding carboxylic acids is 1. The van der Waals surface area contributed by atoms with Crippen molar-refractivity contribution in [2.75, 3.05) is 67.6 Å².